The summed E-state index contributed by atoms with van der Waals surface area (Å²) in [6, 6.07) is 0. The van der Waals surface area contributed by atoms with Crippen molar-refractivity contribution < 1.29 is 4.79 Å². The van der Waals surface area contributed by atoms with E-state index < -0.39 is 0 Å². The first-order valence-corrected chi connectivity index (χ1v) is 6.60. The van der Waals surface area contributed by atoms with Crippen molar-refractivity contribution in [3.05, 3.63) is 17.0 Å². The molecule has 17 heavy (non-hydrogen) atoms. The monoisotopic (exact) mass is 236 g/mol. The van der Waals surface area contributed by atoms with Crippen LogP contribution in [0.2, 0.25) is 0 Å². The van der Waals surface area contributed by atoms with Crippen LogP contribution in [0.25, 0.3) is 0 Å². The standard InChI is InChI=1S/C14H24N2O/c1-6-12-14(11(5)17)13(7-2)16(15-12)9-8-10(3)4/h10H,6-9H2,1-5H3. The third-order valence-corrected chi connectivity index (χ3v) is 3.07. The summed E-state index contributed by atoms with van der Waals surface area (Å²) in [6.45, 7) is 11.1. The Hall–Kier alpha value is -1.12. The van der Waals surface area contributed by atoms with Crippen LogP contribution in [0.3, 0.4) is 0 Å². The van der Waals surface area contributed by atoms with Crippen LogP contribution in [0.5, 0.6) is 0 Å². The Balaban J connectivity index is 3.09. The molecule has 0 N–H and O–H groups in total. The van der Waals surface area contributed by atoms with Crippen molar-refractivity contribution in [3.63, 3.8) is 0 Å². The number of hydrogen-bond donors (Lipinski definition) is 0. The average molecular weight is 236 g/mol. The minimum absolute atomic E-state index is 0.148. The number of carbonyl (C=O) groups is 1. The van der Waals surface area contributed by atoms with Gasteiger partial charge in [-0.05, 0) is 32.1 Å². The Morgan fingerprint density at radius 3 is 2.35 bits per heavy atom. The molecule has 0 aliphatic rings. The second-order valence-corrected chi connectivity index (χ2v) is 4.94. The van der Waals surface area contributed by atoms with Crippen molar-refractivity contribution >= 4 is 5.78 Å². The first-order chi connectivity index (χ1) is 8.01. The van der Waals surface area contributed by atoms with Crippen molar-refractivity contribution in [3.8, 4) is 0 Å². The topological polar surface area (TPSA) is 34.9 Å². The minimum atomic E-state index is 0.148. The van der Waals surface area contributed by atoms with Gasteiger partial charge in [0, 0.05) is 12.2 Å². The van der Waals surface area contributed by atoms with Crippen molar-refractivity contribution in [2.24, 2.45) is 5.92 Å². The van der Waals surface area contributed by atoms with Crippen molar-refractivity contribution in [2.45, 2.75) is 60.4 Å². The molecule has 0 radical (unpaired) electrons. The van der Waals surface area contributed by atoms with E-state index in [4.69, 9.17) is 0 Å². The lowest BCUT2D eigenvalue weighted by molar-refractivity contribution is 0.101. The maximum atomic E-state index is 11.7. The molecule has 0 aliphatic heterocycles. The van der Waals surface area contributed by atoms with Gasteiger partial charge in [-0.15, -0.1) is 0 Å². The number of aromatic nitrogens is 2. The van der Waals surface area contributed by atoms with Crippen LogP contribution in [-0.4, -0.2) is 15.6 Å². The lowest BCUT2D eigenvalue weighted by Gasteiger charge is -2.08. The highest BCUT2D eigenvalue weighted by molar-refractivity contribution is 5.96. The summed E-state index contributed by atoms with van der Waals surface area (Å²) >= 11 is 0. The summed E-state index contributed by atoms with van der Waals surface area (Å²) < 4.78 is 2.04. The van der Waals surface area contributed by atoms with Crippen LogP contribution in [0.4, 0.5) is 0 Å². The van der Waals surface area contributed by atoms with Crippen LogP contribution in [-0.2, 0) is 19.4 Å². The number of ketones is 1. The smallest absolute Gasteiger partial charge is 0.163 e. The molecule has 0 unspecified atom stereocenters. The molecule has 1 heterocycles. The van der Waals surface area contributed by atoms with Crippen molar-refractivity contribution in [1.82, 2.24) is 9.78 Å². The van der Waals surface area contributed by atoms with Crippen LogP contribution < -0.4 is 0 Å². The molecule has 0 aromatic carbocycles. The summed E-state index contributed by atoms with van der Waals surface area (Å²) in [4.78, 5) is 11.7. The second kappa shape index (κ2) is 5.99. The fraction of sp³-hybridized carbons (Fsp3) is 0.714. The molecule has 0 bridgehead atoms. The zero-order valence-electron chi connectivity index (χ0n) is 11.7. The van der Waals surface area contributed by atoms with Gasteiger partial charge in [-0.2, -0.15) is 5.10 Å². The number of hydrogen-bond acceptors (Lipinski definition) is 2. The number of carbonyl (C=O) groups excluding carboxylic acids is 1. The summed E-state index contributed by atoms with van der Waals surface area (Å²) in [5, 5.41) is 4.59. The van der Waals surface area contributed by atoms with E-state index in [1.807, 2.05) is 4.68 Å². The Morgan fingerprint density at radius 1 is 1.29 bits per heavy atom. The molecule has 0 atom stereocenters. The van der Waals surface area contributed by atoms with Gasteiger partial charge < -0.3 is 0 Å². The maximum absolute atomic E-state index is 11.7. The third-order valence-electron chi connectivity index (χ3n) is 3.07. The van der Waals surface area contributed by atoms with Gasteiger partial charge in [0.05, 0.1) is 11.3 Å². The molecule has 3 nitrogen and oxygen atoms in total. The van der Waals surface area contributed by atoms with E-state index >= 15 is 0 Å². The first kappa shape index (κ1) is 13.9. The third kappa shape index (κ3) is 3.18. The van der Waals surface area contributed by atoms with Crippen molar-refractivity contribution in [2.75, 3.05) is 0 Å². The van der Waals surface area contributed by atoms with Gasteiger partial charge in [0.1, 0.15) is 0 Å². The molecule has 1 rings (SSSR count). The largest absolute Gasteiger partial charge is 0.294 e. The molecule has 0 amide bonds. The zero-order chi connectivity index (χ0) is 13.0. The average Bonchev–Trinajstić information content (AvgIpc) is 2.63. The fourth-order valence-electron chi connectivity index (χ4n) is 2.13. The molecule has 0 spiro atoms. The van der Waals surface area contributed by atoms with Gasteiger partial charge in [0.2, 0.25) is 0 Å². The lowest BCUT2D eigenvalue weighted by Crippen LogP contribution is -2.08. The molecule has 3 heteroatoms. The number of aryl methyl sites for hydroxylation is 2. The lowest BCUT2D eigenvalue weighted by atomic mass is 10.1. The molecule has 1 aromatic heterocycles. The van der Waals surface area contributed by atoms with E-state index in [1.165, 1.54) is 0 Å². The van der Waals surface area contributed by atoms with E-state index in [9.17, 15) is 4.79 Å². The highest BCUT2D eigenvalue weighted by Gasteiger charge is 2.18. The van der Waals surface area contributed by atoms with E-state index in [2.05, 4.69) is 32.8 Å². The summed E-state index contributed by atoms with van der Waals surface area (Å²) in [5.41, 5.74) is 2.92. The molecule has 0 saturated heterocycles. The molecule has 1 aromatic rings. The fourth-order valence-corrected chi connectivity index (χ4v) is 2.13. The van der Waals surface area contributed by atoms with E-state index in [0.717, 1.165) is 42.8 Å². The first-order valence-electron chi connectivity index (χ1n) is 6.60. The van der Waals surface area contributed by atoms with Gasteiger partial charge in [-0.25, -0.2) is 0 Å². The van der Waals surface area contributed by atoms with Crippen LogP contribution in [0, 0.1) is 5.92 Å². The SMILES string of the molecule is CCc1nn(CCC(C)C)c(CC)c1C(C)=O. The van der Waals surface area contributed by atoms with E-state index in [1.54, 1.807) is 6.92 Å². The predicted octanol–water partition coefficient (Wildman–Crippen LogP) is 3.26. The summed E-state index contributed by atoms with van der Waals surface area (Å²) in [6.07, 6.45) is 2.81. The van der Waals surface area contributed by atoms with Gasteiger partial charge >= 0.3 is 0 Å². The maximum Gasteiger partial charge on any atom is 0.163 e. The van der Waals surface area contributed by atoms with Crippen LogP contribution in [0.15, 0.2) is 0 Å². The van der Waals surface area contributed by atoms with Gasteiger partial charge in [0.25, 0.3) is 0 Å². The Labute approximate surface area is 104 Å². The Bertz CT molecular complexity index is 391. The van der Waals surface area contributed by atoms with E-state index in [-0.39, 0.29) is 5.78 Å². The Kier molecular flexibility index (Phi) is 4.91. The molecular formula is C14H24N2O. The highest BCUT2D eigenvalue weighted by atomic mass is 16.1. The van der Waals surface area contributed by atoms with Crippen molar-refractivity contribution in [1.29, 1.82) is 0 Å². The highest BCUT2D eigenvalue weighted by Crippen LogP contribution is 2.18. The number of nitrogens with zero attached hydrogens (tertiary/aromatic N) is 2. The summed E-state index contributed by atoms with van der Waals surface area (Å²) in [7, 11) is 0. The minimum Gasteiger partial charge on any atom is -0.294 e. The van der Waals surface area contributed by atoms with Crippen LogP contribution >= 0.6 is 0 Å². The normalized spacial score (nSPS) is 11.2. The number of rotatable bonds is 6. The molecular weight excluding hydrogens is 212 g/mol. The molecule has 0 aliphatic carbocycles. The quantitative estimate of drug-likeness (QED) is 0.711. The molecule has 0 saturated carbocycles. The molecule has 96 valence electrons. The molecule has 0 fully saturated rings. The van der Waals surface area contributed by atoms with Crippen LogP contribution in [0.1, 0.15) is 62.8 Å². The zero-order valence-corrected chi connectivity index (χ0v) is 11.7. The van der Waals surface area contributed by atoms with Gasteiger partial charge in [-0.1, -0.05) is 27.7 Å². The Morgan fingerprint density at radius 2 is 1.94 bits per heavy atom. The van der Waals surface area contributed by atoms with Gasteiger partial charge in [0.15, 0.2) is 5.78 Å². The second-order valence-electron chi connectivity index (χ2n) is 4.94. The predicted molar refractivity (Wildman–Crippen MR) is 70.4 cm³/mol. The van der Waals surface area contributed by atoms with Gasteiger partial charge in [-0.3, -0.25) is 9.48 Å². The number of Topliss-reactive ketones (excluding diaryl/α,β-unsaturated/α-hetero) is 1. The van der Waals surface area contributed by atoms with E-state index in [0.29, 0.717) is 5.92 Å². The summed E-state index contributed by atoms with van der Waals surface area (Å²) in [5.74, 6) is 0.809.